The first-order chi connectivity index (χ1) is 11.8. The molecular weight excluding hydrogens is 332 g/mol. The van der Waals surface area contributed by atoms with Crippen molar-refractivity contribution in [1.82, 2.24) is 4.90 Å². The van der Waals surface area contributed by atoms with E-state index in [1.807, 2.05) is 23.5 Å². The zero-order chi connectivity index (χ0) is 16.8. The molecule has 1 aliphatic rings. The Morgan fingerprint density at radius 3 is 2.29 bits per heavy atom. The maximum atomic E-state index is 2.57. The fourth-order valence-electron chi connectivity index (χ4n) is 3.15. The highest BCUT2D eigenvalue weighted by molar-refractivity contribution is 7.99. The van der Waals surface area contributed by atoms with E-state index < -0.39 is 0 Å². The van der Waals surface area contributed by atoms with Gasteiger partial charge in [0.25, 0.3) is 0 Å². The quantitative estimate of drug-likeness (QED) is 0.681. The Kier molecular flexibility index (Phi) is 6.52. The van der Waals surface area contributed by atoms with Crippen molar-refractivity contribution in [2.45, 2.75) is 23.3 Å². The van der Waals surface area contributed by atoms with Crippen LogP contribution in [0.15, 0.2) is 58.3 Å². The zero-order valence-electron chi connectivity index (χ0n) is 14.6. The Hall–Kier alpha value is -1.10. The average molecular weight is 359 g/mol. The van der Waals surface area contributed by atoms with Crippen molar-refractivity contribution in [3.05, 3.63) is 54.1 Å². The smallest absolute Gasteiger partial charge is 0.0505 e. The number of nitrogens with zero attached hydrogens (tertiary/aromatic N) is 2. The number of piperazine rings is 1. The van der Waals surface area contributed by atoms with Gasteiger partial charge in [-0.3, -0.25) is 4.90 Å². The number of para-hydroxylation sites is 1. The minimum atomic E-state index is 1.06. The van der Waals surface area contributed by atoms with Crippen LogP contribution in [0.4, 0.5) is 5.69 Å². The van der Waals surface area contributed by atoms with Crippen molar-refractivity contribution in [3.8, 4) is 0 Å². The first-order valence-electron chi connectivity index (χ1n) is 8.62. The molecule has 1 heterocycles. The third-order valence-electron chi connectivity index (χ3n) is 4.44. The first kappa shape index (κ1) is 17.7. The van der Waals surface area contributed by atoms with Crippen molar-refractivity contribution in [2.24, 2.45) is 0 Å². The molecule has 1 aliphatic heterocycles. The minimum Gasteiger partial charge on any atom is -0.368 e. The predicted octanol–water partition coefficient (Wildman–Crippen LogP) is 4.84. The minimum absolute atomic E-state index is 1.06. The predicted molar refractivity (Wildman–Crippen MR) is 109 cm³/mol. The van der Waals surface area contributed by atoms with Gasteiger partial charge in [-0.15, -0.1) is 23.5 Å². The van der Waals surface area contributed by atoms with Crippen LogP contribution in [0.25, 0.3) is 0 Å². The van der Waals surface area contributed by atoms with Crippen LogP contribution in [0, 0.1) is 0 Å². The van der Waals surface area contributed by atoms with Crippen molar-refractivity contribution in [3.63, 3.8) is 0 Å². The van der Waals surface area contributed by atoms with E-state index in [1.54, 1.807) is 0 Å². The molecular formula is C20H26N2S2. The molecule has 0 amide bonds. The molecule has 2 aromatic carbocycles. The van der Waals surface area contributed by atoms with Crippen LogP contribution in [0.1, 0.15) is 12.5 Å². The van der Waals surface area contributed by atoms with E-state index in [0.717, 1.165) is 38.5 Å². The lowest BCUT2D eigenvalue weighted by molar-refractivity contribution is 0.249. The Morgan fingerprint density at radius 2 is 1.62 bits per heavy atom. The monoisotopic (exact) mass is 358 g/mol. The van der Waals surface area contributed by atoms with E-state index in [0.29, 0.717) is 0 Å². The lowest BCUT2D eigenvalue weighted by atomic mass is 10.2. The Labute approximate surface area is 154 Å². The fourth-order valence-corrected chi connectivity index (χ4v) is 4.44. The zero-order valence-corrected chi connectivity index (χ0v) is 16.2. The van der Waals surface area contributed by atoms with E-state index in [4.69, 9.17) is 0 Å². The number of hydrogen-bond acceptors (Lipinski definition) is 4. The Morgan fingerprint density at radius 1 is 0.917 bits per heavy atom. The molecule has 1 fully saturated rings. The summed E-state index contributed by atoms with van der Waals surface area (Å²) in [4.78, 5) is 7.86. The summed E-state index contributed by atoms with van der Waals surface area (Å²) in [5.74, 6) is 1.14. The number of rotatable bonds is 6. The van der Waals surface area contributed by atoms with Crippen molar-refractivity contribution in [2.75, 3.05) is 43.1 Å². The molecule has 0 aliphatic carbocycles. The van der Waals surface area contributed by atoms with E-state index in [-0.39, 0.29) is 0 Å². The third-order valence-corrected chi connectivity index (χ3v) is 6.12. The van der Waals surface area contributed by atoms with Crippen molar-refractivity contribution in [1.29, 1.82) is 0 Å². The molecule has 0 saturated carbocycles. The first-order valence-corrected chi connectivity index (χ1v) is 10.8. The summed E-state index contributed by atoms with van der Waals surface area (Å²) in [5, 5.41) is 0. The highest BCUT2D eigenvalue weighted by Crippen LogP contribution is 2.29. The SMILES string of the molecule is CCSc1ccc(CN2CCN(c3ccccc3SC)CC2)cc1. The molecule has 128 valence electrons. The molecule has 0 aromatic heterocycles. The molecule has 0 bridgehead atoms. The van der Waals surface area contributed by atoms with Gasteiger partial charge in [0.05, 0.1) is 5.69 Å². The van der Waals surface area contributed by atoms with Gasteiger partial charge < -0.3 is 4.90 Å². The standard InChI is InChI=1S/C20H26N2S2/c1-3-24-18-10-8-17(9-11-18)16-21-12-14-22(15-13-21)19-6-4-5-7-20(19)23-2/h4-11H,3,12-16H2,1-2H3. The van der Waals surface area contributed by atoms with Crippen LogP contribution in [0.5, 0.6) is 0 Å². The second-order valence-corrected chi connectivity index (χ2v) is 8.20. The lowest BCUT2D eigenvalue weighted by Crippen LogP contribution is -2.46. The molecule has 4 heteroatoms. The summed E-state index contributed by atoms with van der Waals surface area (Å²) in [7, 11) is 0. The molecule has 0 spiro atoms. The van der Waals surface area contributed by atoms with Crippen molar-refractivity contribution < 1.29 is 0 Å². The molecule has 0 unspecified atom stereocenters. The normalized spacial score (nSPS) is 15.7. The number of anilines is 1. The maximum Gasteiger partial charge on any atom is 0.0505 e. The molecule has 2 aromatic rings. The average Bonchev–Trinajstić information content (AvgIpc) is 2.64. The van der Waals surface area contributed by atoms with Crippen LogP contribution in [-0.2, 0) is 6.54 Å². The van der Waals surface area contributed by atoms with Crippen LogP contribution in [0.3, 0.4) is 0 Å². The summed E-state index contributed by atoms with van der Waals surface area (Å²) in [6, 6.07) is 17.8. The molecule has 0 radical (unpaired) electrons. The molecule has 2 nitrogen and oxygen atoms in total. The largest absolute Gasteiger partial charge is 0.368 e. The molecule has 0 atom stereocenters. The third kappa shape index (κ3) is 4.50. The fraction of sp³-hybridized carbons (Fsp3) is 0.400. The number of benzene rings is 2. The molecule has 1 saturated heterocycles. The summed E-state index contributed by atoms with van der Waals surface area (Å²) >= 11 is 3.75. The van der Waals surface area contributed by atoms with Crippen LogP contribution in [0.2, 0.25) is 0 Å². The van der Waals surface area contributed by atoms with Gasteiger partial charge in [0.15, 0.2) is 0 Å². The maximum absolute atomic E-state index is 2.57. The van der Waals surface area contributed by atoms with E-state index in [2.05, 4.69) is 71.5 Å². The van der Waals surface area contributed by atoms with Gasteiger partial charge in [0.1, 0.15) is 0 Å². The van der Waals surface area contributed by atoms with Crippen molar-refractivity contribution >= 4 is 29.2 Å². The Bertz CT molecular complexity index is 634. The van der Waals surface area contributed by atoms with E-state index in [1.165, 1.54) is 21.0 Å². The number of thioether (sulfide) groups is 2. The van der Waals surface area contributed by atoms with Crippen LogP contribution in [-0.4, -0.2) is 43.1 Å². The summed E-state index contributed by atoms with van der Waals surface area (Å²) in [5.41, 5.74) is 2.82. The number of hydrogen-bond donors (Lipinski definition) is 0. The van der Waals surface area contributed by atoms with Gasteiger partial charge in [-0.25, -0.2) is 0 Å². The molecule has 0 N–H and O–H groups in total. The summed E-state index contributed by atoms with van der Waals surface area (Å²) in [6.07, 6.45) is 2.16. The van der Waals surface area contributed by atoms with E-state index in [9.17, 15) is 0 Å². The second kappa shape index (κ2) is 8.84. The van der Waals surface area contributed by atoms with E-state index >= 15 is 0 Å². The van der Waals surface area contributed by atoms with Gasteiger partial charge in [0, 0.05) is 42.5 Å². The summed E-state index contributed by atoms with van der Waals surface area (Å²) < 4.78 is 0. The second-order valence-electron chi connectivity index (χ2n) is 6.01. The topological polar surface area (TPSA) is 6.48 Å². The Balaban J connectivity index is 1.55. The highest BCUT2D eigenvalue weighted by atomic mass is 32.2. The summed E-state index contributed by atoms with van der Waals surface area (Å²) in [6.45, 7) is 7.76. The van der Waals surface area contributed by atoms with Crippen LogP contribution >= 0.6 is 23.5 Å². The molecule has 3 rings (SSSR count). The van der Waals surface area contributed by atoms with Gasteiger partial charge in [-0.05, 0) is 41.8 Å². The van der Waals surface area contributed by atoms with Crippen LogP contribution < -0.4 is 4.90 Å². The van der Waals surface area contributed by atoms with Gasteiger partial charge in [-0.1, -0.05) is 31.2 Å². The van der Waals surface area contributed by atoms with Gasteiger partial charge in [-0.2, -0.15) is 0 Å². The highest BCUT2D eigenvalue weighted by Gasteiger charge is 2.18. The lowest BCUT2D eigenvalue weighted by Gasteiger charge is -2.36. The van der Waals surface area contributed by atoms with Gasteiger partial charge in [0.2, 0.25) is 0 Å². The molecule has 24 heavy (non-hydrogen) atoms. The van der Waals surface area contributed by atoms with Gasteiger partial charge >= 0.3 is 0 Å².